The van der Waals surface area contributed by atoms with E-state index in [4.69, 9.17) is 4.98 Å². The van der Waals surface area contributed by atoms with Gasteiger partial charge in [-0.2, -0.15) is 5.26 Å². The third-order valence-corrected chi connectivity index (χ3v) is 6.76. The molecule has 5 aromatic rings. The average Bonchev–Trinajstić information content (AvgIpc) is 3.09. The Kier molecular flexibility index (Phi) is 5.04. The van der Waals surface area contributed by atoms with Crippen LogP contribution in [0.5, 0.6) is 0 Å². The lowest BCUT2D eigenvalue weighted by Crippen LogP contribution is -2.17. The topological polar surface area (TPSA) is 101 Å². The smallest absolute Gasteiger partial charge is 0.263 e. The van der Waals surface area contributed by atoms with E-state index < -0.39 is 10.0 Å². The van der Waals surface area contributed by atoms with Crippen molar-refractivity contribution in [2.24, 2.45) is 0 Å². The van der Waals surface area contributed by atoms with Crippen molar-refractivity contribution < 1.29 is 8.42 Å². The number of fused-ring (bicyclic) bond motifs is 2. The molecule has 8 heteroatoms. The fourth-order valence-electron chi connectivity index (χ4n) is 3.74. The van der Waals surface area contributed by atoms with Crippen LogP contribution in [0.25, 0.3) is 22.2 Å². The van der Waals surface area contributed by atoms with Crippen molar-refractivity contribution in [1.29, 1.82) is 5.26 Å². The van der Waals surface area contributed by atoms with E-state index in [0.717, 1.165) is 11.1 Å². The number of nitrogens with one attached hydrogen (secondary N) is 1. The van der Waals surface area contributed by atoms with Crippen LogP contribution >= 0.6 is 0 Å². The molecule has 0 aliphatic heterocycles. The largest absolute Gasteiger partial charge is 0.305 e. The standard InChI is InChI=1S/C25H19N5O2S/c1-17-11-13-19(14-12-17)33(31,32)29-24-20(15-26)23-25(28-22-10-6-5-9-21(22)27-23)30(24)16-18-7-3-2-4-8-18/h2-14,29H,16H2,1H3. The first-order valence-corrected chi connectivity index (χ1v) is 11.8. The van der Waals surface area contributed by atoms with Crippen molar-refractivity contribution in [1.82, 2.24) is 14.5 Å². The normalized spacial score (nSPS) is 11.5. The molecule has 0 saturated heterocycles. The number of nitriles is 1. The second-order valence-electron chi connectivity index (χ2n) is 7.71. The number of hydrogen-bond donors (Lipinski definition) is 1. The maximum absolute atomic E-state index is 13.2. The SMILES string of the molecule is Cc1ccc(S(=O)(=O)Nc2c(C#N)c3nc4ccccc4nc3n2Cc2ccccc2)cc1. The molecule has 1 N–H and O–H groups in total. The number of anilines is 1. The van der Waals surface area contributed by atoms with Crippen molar-refractivity contribution in [3.8, 4) is 6.07 Å². The fourth-order valence-corrected chi connectivity index (χ4v) is 4.81. The minimum absolute atomic E-state index is 0.111. The van der Waals surface area contributed by atoms with E-state index in [2.05, 4.69) is 15.8 Å². The highest BCUT2D eigenvalue weighted by molar-refractivity contribution is 7.92. The molecular formula is C25H19N5O2S. The first-order valence-electron chi connectivity index (χ1n) is 10.3. The van der Waals surface area contributed by atoms with Gasteiger partial charge in [-0.05, 0) is 36.8 Å². The molecule has 0 spiro atoms. The summed E-state index contributed by atoms with van der Waals surface area (Å²) in [4.78, 5) is 9.49. The van der Waals surface area contributed by atoms with Crippen LogP contribution in [0.1, 0.15) is 16.7 Å². The Morgan fingerprint density at radius 1 is 0.909 bits per heavy atom. The van der Waals surface area contributed by atoms with Gasteiger partial charge >= 0.3 is 0 Å². The van der Waals surface area contributed by atoms with E-state index in [-0.39, 0.29) is 16.3 Å². The highest BCUT2D eigenvalue weighted by atomic mass is 32.2. The molecule has 0 saturated carbocycles. The second kappa shape index (κ2) is 8.04. The van der Waals surface area contributed by atoms with Gasteiger partial charge in [0.15, 0.2) is 5.65 Å². The lowest BCUT2D eigenvalue weighted by Gasteiger charge is -2.13. The molecule has 7 nitrogen and oxygen atoms in total. The molecule has 0 atom stereocenters. The molecule has 0 aliphatic rings. The van der Waals surface area contributed by atoms with E-state index in [1.54, 1.807) is 28.8 Å². The van der Waals surface area contributed by atoms with Gasteiger partial charge in [0.1, 0.15) is 23.0 Å². The minimum atomic E-state index is -3.95. The van der Waals surface area contributed by atoms with Gasteiger partial charge in [0.25, 0.3) is 10.0 Å². The van der Waals surface area contributed by atoms with Gasteiger partial charge in [0.05, 0.1) is 22.5 Å². The van der Waals surface area contributed by atoms with Crippen LogP contribution in [0.15, 0.2) is 83.8 Å². The van der Waals surface area contributed by atoms with Crippen molar-refractivity contribution >= 4 is 38.0 Å². The van der Waals surface area contributed by atoms with Crippen LogP contribution in [0, 0.1) is 18.3 Å². The predicted molar refractivity (Wildman–Crippen MR) is 127 cm³/mol. The second-order valence-corrected chi connectivity index (χ2v) is 9.39. The van der Waals surface area contributed by atoms with Crippen molar-refractivity contribution in [3.05, 3.63) is 95.6 Å². The monoisotopic (exact) mass is 453 g/mol. The molecule has 0 aliphatic carbocycles. The fraction of sp³-hybridized carbons (Fsp3) is 0.0800. The zero-order valence-corrected chi connectivity index (χ0v) is 18.5. The van der Waals surface area contributed by atoms with Gasteiger partial charge in [-0.1, -0.05) is 60.2 Å². The Labute approximate surface area is 191 Å². The number of para-hydroxylation sites is 2. The van der Waals surface area contributed by atoms with Gasteiger partial charge in [-0.15, -0.1) is 0 Å². The molecule has 33 heavy (non-hydrogen) atoms. The summed E-state index contributed by atoms with van der Waals surface area (Å²) in [6, 6.07) is 25.6. The average molecular weight is 454 g/mol. The lowest BCUT2D eigenvalue weighted by atomic mass is 10.2. The predicted octanol–water partition coefficient (Wildman–Crippen LogP) is 4.61. The van der Waals surface area contributed by atoms with Gasteiger partial charge in [0, 0.05) is 0 Å². The Hall–Kier alpha value is -4.22. The van der Waals surface area contributed by atoms with Crippen LogP contribution in [0.2, 0.25) is 0 Å². The summed E-state index contributed by atoms with van der Waals surface area (Å²) in [6.45, 7) is 2.20. The molecular weight excluding hydrogens is 434 g/mol. The molecule has 0 fully saturated rings. The third-order valence-electron chi connectivity index (χ3n) is 5.41. The van der Waals surface area contributed by atoms with Gasteiger partial charge in [-0.3, -0.25) is 4.72 Å². The minimum Gasteiger partial charge on any atom is -0.305 e. The number of aryl methyl sites for hydroxylation is 1. The first kappa shape index (κ1) is 20.7. The number of aromatic nitrogens is 3. The van der Waals surface area contributed by atoms with Crippen molar-refractivity contribution in [3.63, 3.8) is 0 Å². The summed E-state index contributed by atoms with van der Waals surface area (Å²) in [5.74, 6) is 0.146. The summed E-state index contributed by atoms with van der Waals surface area (Å²) in [5, 5.41) is 10.0. The number of hydrogen-bond acceptors (Lipinski definition) is 5. The first-order chi connectivity index (χ1) is 16.0. The van der Waals surface area contributed by atoms with E-state index in [1.807, 2.05) is 61.5 Å². The third kappa shape index (κ3) is 3.79. The summed E-state index contributed by atoms with van der Waals surface area (Å²) in [5.41, 5.74) is 4.11. The van der Waals surface area contributed by atoms with Crippen LogP contribution in [-0.4, -0.2) is 23.0 Å². The zero-order valence-electron chi connectivity index (χ0n) is 17.7. The van der Waals surface area contributed by atoms with Crippen LogP contribution in [0.3, 0.4) is 0 Å². The highest BCUT2D eigenvalue weighted by Gasteiger charge is 2.25. The summed E-state index contributed by atoms with van der Waals surface area (Å²) in [7, 11) is -3.95. The number of benzene rings is 3. The van der Waals surface area contributed by atoms with E-state index in [9.17, 15) is 13.7 Å². The highest BCUT2D eigenvalue weighted by Crippen LogP contribution is 2.31. The molecule has 0 bridgehead atoms. The molecule has 0 radical (unpaired) electrons. The Bertz CT molecular complexity index is 1630. The zero-order chi connectivity index (χ0) is 23.0. The van der Waals surface area contributed by atoms with Gasteiger partial charge in [0.2, 0.25) is 0 Å². The summed E-state index contributed by atoms with van der Waals surface area (Å²) >= 11 is 0. The summed E-state index contributed by atoms with van der Waals surface area (Å²) in [6.07, 6.45) is 0. The molecule has 0 amide bonds. The maximum atomic E-state index is 13.2. The van der Waals surface area contributed by atoms with Crippen LogP contribution < -0.4 is 4.72 Å². The Morgan fingerprint density at radius 3 is 2.21 bits per heavy atom. The molecule has 3 aromatic carbocycles. The summed E-state index contributed by atoms with van der Waals surface area (Å²) < 4.78 is 30.8. The van der Waals surface area contributed by atoms with E-state index in [0.29, 0.717) is 28.7 Å². The van der Waals surface area contributed by atoms with Crippen molar-refractivity contribution in [2.45, 2.75) is 18.4 Å². The molecule has 5 rings (SSSR count). The number of nitrogens with zero attached hydrogens (tertiary/aromatic N) is 4. The number of rotatable bonds is 5. The molecule has 0 unspecified atom stereocenters. The van der Waals surface area contributed by atoms with Gasteiger partial charge in [-0.25, -0.2) is 18.4 Å². The van der Waals surface area contributed by atoms with E-state index in [1.165, 1.54) is 0 Å². The Balaban J connectivity index is 1.75. The van der Waals surface area contributed by atoms with Gasteiger partial charge < -0.3 is 4.57 Å². The van der Waals surface area contributed by atoms with Crippen LogP contribution in [-0.2, 0) is 16.6 Å². The van der Waals surface area contributed by atoms with Crippen LogP contribution in [0.4, 0.5) is 5.82 Å². The maximum Gasteiger partial charge on any atom is 0.263 e. The lowest BCUT2D eigenvalue weighted by molar-refractivity contribution is 0.600. The van der Waals surface area contributed by atoms with Crippen molar-refractivity contribution in [2.75, 3.05) is 4.72 Å². The molecule has 2 aromatic heterocycles. The Morgan fingerprint density at radius 2 is 1.55 bits per heavy atom. The molecule has 2 heterocycles. The number of sulfonamides is 1. The van der Waals surface area contributed by atoms with E-state index >= 15 is 0 Å². The quantitative estimate of drug-likeness (QED) is 0.419. The molecule has 162 valence electrons.